The van der Waals surface area contributed by atoms with Gasteiger partial charge in [-0.3, -0.25) is 4.79 Å². The second-order valence-corrected chi connectivity index (χ2v) is 2.67. The molecule has 0 fully saturated rings. The molecule has 0 radical (unpaired) electrons. The molecule has 0 saturated carbocycles. The first-order chi connectivity index (χ1) is 5.75. The number of carbonyl (C=O) groups is 1. The smallest absolute Gasteiger partial charge is 0.144 e. The number of rotatable bonds is 3. The second-order valence-electron chi connectivity index (χ2n) is 2.67. The number of aldehydes is 1. The van der Waals surface area contributed by atoms with Crippen molar-refractivity contribution in [2.45, 2.75) is 0 Å². The van der Waals surface area contributed by atoms with Gasteiger partial charge < -0.3 is 9.88 Å². The third kappa shape index (κ3) is 1.75. The minimum atomic E-state index is 0.788. The Balaban J connectivity index is 2.96. The standard InChI is InChI=1S/C9H12N2O/c1-11(2)9(5-7-12)8-4-3-6-10-8/h3-7,10H,1-2H3. The predicted octanol–water partition coefficient (Wildman–Crippen LogP) is 1.12. The molecule has 0 saturated heterocycles. The zero-order valence-corrected chi connectivity index (χ0v) is 7.24. The van der Waals surface area contributed by atoms with Crippen LogP contribution in [0.4, 0.5) is 0 Å². The van der Waals surface area contributed by atoms with E-state index in [2.05, 4.69) is 4.98 Å². The summed E-state index contributed by atoms with van der Waals surface area (Å²) in [6.07, 6.45) is 4.15. The molecule has 0 spiro atoms. The van der Waals surface area contributed by atoms with Crippen LogP contribution in [0.1, 0.15) is 5.69 Å². The Morgan fingerprint density at radius 3 is 2.75 bits per heavy atom. The zero-order chi connectivity index (χ0) is 8.97. The summed E-state index contributed by atoms with van der Waals surface area (Å²) in [5, 5.41) is 0. The molecule has 12 heavy (non-hydrogen) atoms. The molecule has 0 atom stereocenters. The van der Waals surface area contributed by atoms with Gasteiger partial charge in [0.1, 0.15) is 6.29 Å². The molecule has 1 heterocycles. The summed E-state index contributed by atoms with van der Waals surface area (Å²) in [5.41, 5.74) is 1.84. The number of aromatic amines is 1. The molecule has 0 aromatic carbocycles. The zero-order valence-electron chi connectivity index (χ0n) is 7.24. The van der Waals surface area contributed by atoms with Gasteiger partial charge in [-0.05, 0) is 12.1 Å². The van der Waals surface area contributed by atoms with Crippen molar-refractivity contribution in [3.05, 3.63) is 30.1 Å². The minimum Gasteiger partial charge on any atom is -0.376 e. The first kappa shape index (κ1) is 8.59. The summed E-state index contributed by atoms with van der Waals surface area (Å²) in [7, 11) is 3.80. The lowest BCUT2D eigenvalue weighted by Gasteiger charge is -2.14. The molecule has 0 unspecified atom stereocenters. The summed E-state index contributed by atoms with van der Waals surface area (Å²) in [5.74, 6) is 0. The summed E-state index contributed by atoms with van der Waals surface area (Å²) >= 11 is 0. The summed E-state index contributed by atoms with van der Waals surface area (Å²) in [6.45, 7) is 0. The van der Waals surface area contributed by atoms with Crippen molar-refractivity contribution in [1.29, 1.82) is 0 Å². The molecule has 1 aromatic rings. The van der Waals surface area contributed by atoms with Crippen LogP contribution in [0.15, 0.2) is 24.4 Å². The largest absolute Gasteiger partial charge is 0.376 e. The average Bonchev–Trinajstić information content (AvgIpc) is 2.51. The van der Waals surface area contributed by atoms with Gasteiger partial charge in [-0.1, -0.05) is 0 Å². The highest BCUT2D eigenvalue weighted by Gasteiger charge is 2.02. The van der Waals surface area contributed by atoms with Gasteiger partial charge in [0.2, 0.25) is 0 Å². The Morgan fingerprint density at radius 2 is 2.33 bits per heavy atom. The fourth-order valence-electron chi connectivity index (χ4n) is 1.03. The van der Waals surface area contributed by atoms with Gasteiger partial charge in [0.25, 0.3) is 0 Å². The lowest BCUT2D eigenvalue weighted by Crippen LogP contribution is -2.10. The number of nitrogens with one attached hydrogen (secondary N) is 1. The fourth-order valence-corrected chi connectivity index (χ4v) is 1.03. The summed E-state index contributed by atoms with van der Waals surface area (Å²) < 4.78 is 0. The Kier molecular flexibility index (Phi) is 2.69. The third-order valence-electron chi connectivity index (χ3n) is 1.58. The van der Waals surface area contributed by atoms with E-state index in [0.29, 0.717) is 0 Å². The van der Waals surface area contributed by atoms with E-state index in [0.717, 1.165) is 17.7 Å². The van der Waals surface area contributed by atoms with E-state index >= 15 is 0 Å². The maximum absolute atomic E-state index is 10.3. The lowest BCUT2D eigenvalue weighted by molar-refractivity contribution is -0.104. The van der Waals surface area contributed by atoms with Gasteiger partial charge in [-0.2, -0.15) is 0 Å². The van der Waals surface area contributed by atoms with Crippen LogP contribution in [0.25, 0.3) is 5.70 Å². The minimum absolute atomic E-state index is 0.788. The van der Waals surface area contributed by atoms with E-state index in [9.17, 15) is 4.79 Å². The van der Waals surface area contributed by atoms with E-state index in [1.54, 1.807) is 0 Å². The number of H-pyrrole nitrogens is 1. The van der Waals surface area contributed by atoms with Crippen LogP contribution in [-0.2, 0) is 4.79 Å². The quantitative estimate of drug-likeness (QED) is 0.536. The molecule has 64 valence electrons. The number of hydrogen-bond donors (Lipinski definition) is 1. The van der Waals surface area contributed by atoms with Crippen LogP contribution in [0.2, 0.25) is 0 Å². The van der Waals surface area contributed by atoms with Crippen molar-refractivity contribution >= 4 is 12.0 Å². The fraction of sp³-hybridized carbons (Fsp3) is 0.222. The number of aromatic nitrogens is 1. The molecular formula is C9H12N2O. The first-order valence-corrected chi connectivity index (χ1v) is 3.72. The Hall–Kier alpha value is -1.51. The molecule has 1 aromatic heterocycles. The second kappa shape index (κ2) is 3.76. The molecule has 1 N–H and O–H groups in total. The predicted molar refractivity (Wildman–Crippen MR) is 48.5 cm³/mol. The number of hydrogen-bond acceptors (Lipinski definition) is 2. The monoisotopic (exact) mass is 164 g/mol. The highest BCUT2D eigenvalue weighted by Crippen LogP contribution is 2.12. The average molecular weight is 164 g/mol. The van der Waals surface area contributed by atoms with Crippen molar-refractivity contribution in [3.63, 3.8) is 0 Å². The van der Waals surface area contributed by atoms with E-state index in [-0.39, 0.29) is 0 Å². The first-order valence-electron chi connectivity index (χ1n) is 3.72. The summed E-state index contributed by atoms with van der Waals surface area (Å²) in [4.78, 5) is 15.2. The van der Waals surface area contributed by atoms with Gasteiger partial charge in [-0.15, -0.1) is 0 Å². The van der Waals surface area contributed by atoms with Gasteiger partial charge in [0.15, 0.2) is 0 Å². The molecule has 0 bridgehead atoms. The van der Waals surface area contributed by atoms with Crippen molar-refractivity contribution in [3.8, 4) is 0 Å². The van der Waals surface area contributed by atoms with Crippen molar-refractivity contribution in [1.82, 2.24) is 9.88 Å². The molecule has 0 aliphatic carbocycles. The maximum Gasteiger partial charge on any atom is 0.144 e. The van der Waals surface area contributed by atoms with E-state index in [1.807, 2.05) is 37.3 Å². The highest BCUT2D eigenvalue weighted by atomic mass is 16.1. The van der Waals surface area contributed by atoms with Crippen LogP contribution in [0.3, 0.4) is 0 Å². The van der Waals surface area contributed by atoms with Gasteiger partial charge in [0, 0.05) is 26.4 Å². The van der Waals surface area contributed by atoms with E-state index in [1.165, 1.54) is 6.08 Å². The maximum atomic E-state index is 10.3. The van der Waals surface area contributed by atoms with Crippen molar-refractivity contribution in [2.24, 2.45) is 0 Å². The number of allylic oxidation sites excluding steroid dienone is 1. The number of nitrogens with zero attached hydrogens (tertiary/aromatic N) is 1. The molecule has 0 amide bonds. The van der Waals surface area contributed by atoms with Gasteiger partial charge in [0.05, 0.1) is 11.4 Å². The van der Waals surface area contributed by atoms with Gasteiger partial charge >= 0.3 is 0 Å². The van der Waals surface area contributed by atoms with Crippen molar-refractivity contribution < 1.29 is 4.79 Å². The Labute approximate surface area is 71.7 Å². The lowest BCUT2D eigenvalue weighted by atomic mass is 10.3. The van der Waals surface area contributed by atoms with Crippen LogP contribution < -0.4 is 0 Å². The van der Waals surface area contributed by atoms with Crippen LogP contribution in [0, 0.1) is 0 Å². The molecule has 0 aliphatic rings. The third-order valence-corrected chi connectivity index (χ3v) is 1.58. The topological polar surface area (TPSA) is 36.1 Å². The molecule has 0 aliphatic heterocycles. The van der Waals surface area contributed by atoms with E-state index < -0.39 is 0 Å². The van der Waals surface area contributed by atoms with Crippen LogP contribution in [0.5, 0.6) is 0 Å². The normalized spacial score (nSPS) is 11.3. The van der Waals surface area contributed by atoms with Crippen molar-refractivity contribution in [2.75, 3.05) is 14.1 Å². The Bertz CT molecular complexity index is 273. The van der Waals surface area contributed by atoms with Crippen LogP contribution >= 0.6 is 0 Å². The SMILES string of the molecule is CN(C)C(=CC=O)c1ccc[nH]1. The summed E-state index contributed by atoms with van der Waals surface area (Å²) in [6, 6.07) is 3.83. The molecule has 3 heteroatoms. The van der Waals surface area contributed by atoms with E-state index in [4.69, 9.17) is 0 Å². The molecule has 1 rings (SSSR count). The molecule has 3 nitrogen and oxygen atoms in total. The van der Waals surface area contributed by atoms with Gasteiger partial charge in [-0.25, -0.2) is 0 Å². The Morgan fingerprint density at radius 1 is 1.58 bits per heavy atom. The molecular weight excluding hydrogens is 152 g/mol. The highest BCUT2D eigenvalue weighted by molar-refractivity contribution is 5.79. The van der Waals surface area contributed by atoms with Crippen LogP contribution in [-0.4, -0.2) is 30.3 Å². The number of carbonyl (C=O) groups excluding carboxylic acids is 1.